The van der Waals surface area contributed by atoms with Crippen molar-refractivity contribution in [2.75, 3.05) is 24.2 Å². The molecule has 0 radical (unpaired) electrons. The number of aromatic nitrogens is 1. The van der Waals surface area contributed by atoms with Crippen molar-refractivity contribution >= 4 is 31.8 Å². The summed E-state index contributed by atoms with van der Waals surface area (Å²) in [5.41, 5.74) is 0. The van der Waals surface area contributed by atoms with Gasteiger partial charge in [-0.2, -0.15) is 0 Å². The first-order valence-corrected chi connectivity index (χ1v) is 8.57. The predicted octanol–water partition coefficient (Wildman–Crippen LogP) is 1.50. The Morgan fingerprint density at radius 3 is 2.63 bits per heavy atom. The van der Waals surface area contributed by atoms with Crippen molar-refractivity contribution in [1.82, 2.24) is 9.71 Å². The highest BCUT2D eigenvalue weighted by Gasteiger charge is 2.23. The molecule has 19 heavy (non-hydrogen) atoms. The topological polar surface area (TPSA) is 62.3 Å². The lowest BCUT2D eigenvalue weighted by molar-refractivity contribution is 0.455. The van der Waals surface area contributed by atoms with E-state index in [1.165, 1.54) is 6.07 Å². The number of anilines is 1. The summed E-state index contributed by atoms with van der Waals surface area (Å²) >= 11 is 3.17. The normalized spacial score (nSPS) is 17.7. The predicted molar refractivity (Wildman–Crippen MR) is 75.1 cm³/mol. The van der Waals surface area contributed by atoms with Crippen LogP contribution in [-0.4, -0.2) is 38.8 Å². The van der Waals surface area contributed by atoms with E-state index >= 15 is 0 Å². The van der Waals surface area contributed by atoms with E-state index in [9.17, 15) is 12.8 Å². The molecule has 0 bridgehead atoms. The second-order valence-electron chi connectivity index (χ2n) is 4.61. The van der Waals surface area contributed by atoms with Crippen LogP contribution in [0.25, 0.3) is 0 Å². The van der Waals surface area contributed by atoms with Crippen LogP contribution in [0.3, 0.4) is 0 Å². The SMILES string of the molecule is CS(=O)(=O)NC1CCN(c2ncc(Br)cc2F)CC1. The smallest absolute Gasteiger partial charge is 0.208 e. The Hall–Kier alpha value is -0.730. The van der Waals surface area contributed by atoms with Crippen LogP contribution in [0.2, 0.25) is 0 Å². The van der Waals surface area contributed by atoms with Crippen molar-refractivity contribution in [3.8, 4) is 0 Å². The van der Waals surface area contributed by atoms with Crippen LogP contribution < -0.4 is 9.62 Å². The molecule has 0 aliphatic carbocycles. The van der Waals surface area contributed by atoms with Gasteiger partial charge in [-0.1, -0.05) is 0 Å². The first-order valence-electron chi connectivity index (χ1n) is 5.88. The molecular weight excluding hydrogens is 337 g/mol. The van der Waals surface area contributed by atoms with E-state index in [-0.39, 0.29) is 11.9 Å². The van der Waals surface area contributed by atoms with Gasteiger partial charge in [-0.25, -0.2) is 22.5 Å². The van der Waals surface area contributed by atoms with Gasteiger partial charge in [0.2, 0.25) is 10.0 Å². The third-order valence-electron chi connectivity index (χ3n) is 2.96. The molecule has 106 valence electrons. The van der Waals surface area contributed by atoms with Crippen LogP contribution in [0, 0.1) is 5.82 Å². The monoisotopic (exact) mass is 351 g/mol. The maximum Gasteiger partial charge on any atom is 0.208 e. The van der Waals surface area contributed by atoms with Gasteiger partial charge in [0, 0.05) is 29.8 Å². The number of nitrogens with one attached hydrogen (secondary N) is 1. The summed E-state index contributed by atoms with van der Waals surface area (Å²) in [6, 6.07) is 1.30. The largest absolute Gasteiger partial charge is 0.354 e. The summed E-state index contributed by atoms with van der Waals surface area (Å²) in [5, 5.41) is 0. The summed E-state index contributed by atoms with van der Waals surface area (Å²) in [7, 11) is -3.18. The van der Waals surface area contributed by atoms with Gasteiger partial charge in [0.15, 0.2) is 11.6 Å². The molecule has 1 N–H and O–H groups in total. The molecule has 1 aromatic heterocycles. The van der Waals surface area contributed by atoms with E-state index in [4.69, 9.17) is 0 Å². The Bertz CT molecular complexity index is 559. The second kappa shape index (κ2) is 5.72. The fraction of sp³-hybridized carbons (Fsp3) is 0.545. The molecule has 0 unspecified atom stereocenters. The third kappa shape index (κ3) is 4.12. The summed E-state index contributed by atoms with van der Waals surface area (Å²) in [6.45, 7) is 1.16. The summed E-state index contributed by atoms with van der Waals surface area (Å²) < 4.78 is 39.2. The molecule has 0 amide bonds. The zero-order valence-corrected chi connectivity index (χ0v) is 12.8. The van der Waals surface area contributed by atoms with Crippen LogP contribution in [0.5, 0.6) is 0 Å². The van der Waals surface area contributed by atoms with Gasteiger partial charge in [-0.15, -0.1) is 0 Å². The maximum atomic E-state index is 13.8. The molecular formula is C11H15BrFN3O2S. The van der Waals surface area contributed by atoms with E-state index in [0.717, 1.165) is 6.26 Å². The minimum absolute atomic E-state index is 0.0789. The highest BCUT2D eigenvalue weighted by atomic mass is 79.9. The summed E-state index contributed by atoms with van der Waals surface area (Å²) in [5.74, 6) is -0.0510. The zero-order chi connectivity index (χ0) is 14.0. The molecule has 0 atom stereocenters. The molecule has 2 rings (SSSR count). The highest BCUT2D eigenvalue weighted by Crippen LogP contribution is 2.23. The summed E-state index contributed by atoms with van der Waals surface area (Å²) in [6.07, 6.45) is 3.99. The van der Waals surface area contributed by atoms with Crippen LogP contribution in [0.4, 0.5) is 10.2 Å². The van der Waals surface area contributed by atoms with Gasteiger partial charge < -0.3 is 4.90 Å². The highest BCUT2D eigenvalue weighted by molar-refractivity contribution is 9.10. The van der Waals surface area contributed by atoms with Crippen LogP contribution in [0.15, 0.2) is 16.7 Å². The van der Waals surface area contributed by atoms with Gasteiger partial charge in [0.05, 0.1) is 6.26 Å². The van der Waals surface area contributed by atoms with E-state index in [1.807, 2.05) is 4.90 Å². The first kappa shape index (κ1) is 14.7. The van der Waals surface area contributed by atoms with Crippen molar-refractivity contribution in [2.45, 2.75) is 18.9 Å². The molecule has 0 saturated carbocycles. The van der Waals surface area contributed by atoms with Crippen molar-refractivity contribution in [3.05, 3.63) is 22.6 Å². The van der Waals surface area contributed by atoms with E-state index in [2.05, 4.69) is 25.6 Å². The number of rotatable bonds is 3. The van der Waals surface area contributed by atoms with Crippen LogP contribution in [0.1, 0.15) is 12.8 Å². The quantitative estimate of drug-likeness (QED) is 0.896. The number of nitrogens with zero attached hydrogens (tertiary/aromatic N) is 2. The molecule has 1 saturated heterocycles. The van der Waals surface area contributed by atoms with Crippen LogP contribution >= 0.6 is 15.9 Å². The van der Waals surface area contributed by atoms with Gasteiger partial charge in [-0.05, 0) is 34.8 Å². The van der Waals surface area contributed by atoms with Crippen molar-refractivity contribution < 1.29 is 12.8 Å². The Kier molecular flexibility index (Phi) is 4.42. The minimum atomic E-state index is -3.18. The van der Waals surface area contributed by atoms with Gasteiger partial charge in [-0.3, -0.25) is 0 Å². The number of hydrogen-bond acceptors (Lipinski definition) is 4. The first-order chi connectivity index (χ1) is 8.85. The van der Waals surface area contributed by atoms with Crippen molar-refractivity contribution in [3.63, 3.8) is 0 Å². The van der Waals surface area contributed by atoms with E-state index in [1.54, 1.807) is 6.20 Å². The van der Waals surface area contributed by atoms with E-state index < -0.39 is 10.0 Å². The number of hydrogen-bond donors (Lipinski definition) is 1. The molecule has 0 spiro atoms. The molecule has 2 heterocycles. The number of halogens is 2. The molecule has 8 heteroatoms. The average molecular weight is 352 g/mol. The number of piperidine rings is 1. The Morgan fingerprint density at radius 1 is 1.47 bits per heavy atom. The van der Waals surface area contributed by atoms with Crippen molar-refractivity contribution in [2.24, 2.45) is 0 Å². The molecule has 1 aromatic rings. The molecule has 5 nitrogen and oxygen atoms in total. The minimum Gasteiger partial charge on any atom is -0.354 e. The fourth-order valence-electron chi connectivity index (χ4n) is 2.15. The second-order valence-corrected chi connectivity index (χ2v) is 7.31. The van der Waals surface area contributed by atoms with Crippen LogP contribution in [-0.2, 0) is 10.0 Å². The Labute approximate surface area is 120 Å². The van der Waals surface area contributed by atoms with Gasteiger partial charge in [0.25, 0.3) is 0 Å². The molecule has 1 fully saturated rings. The maximum absolute atomic E-state index is 13.8. The van der Waals surface area contributed by atoms with E-state index in [0.29, 0.717) is 36.2 Å². The average Bonchev–Trinajstić information content (AvgIpc) is 2.28. The lowest BCUT2D eigenvalue weighted by Gasteiger charge is -2.32. The van der Waals surface area contributed by atoms with Crippen molar-refractivity contribution in [1.29, 1.82) is 0 Å². The zero-order valence-electron chi connectivity index (χ0n) is 10.4. The Balaban J connectivity index is 2.00. The fourth-order valence-corrected chi connectivity index (χ4v) is 3.30. The molecule has 0 aromatic carbocycles. The standard InChI is InChI=1S/C11H15BrFN3O2S/c1-19(17,18)15-9-2-4-16(5-3-9)11-10(13)6-8(12)7-14-11/h6-7,9,15H,2-5H2,1H3. The molecule has 1 aliphatic rings. The Morgan fingerprint density at radius 2 is 2.11 bits per heavy atom. The lowest BCUT2D eigenvalue weighted by Crippen LogP contribution is -2.44. The summed E-state index contributed by atoms with van der Waals surface area (Å²) in [4.78, 5) is 5.90. The van der Waals surface area contributed by atoms with Gasteiger partial charge in [0.1, 0.15) is 0 Å². The van der Waals surface area contributed by atoms with Gasteiger partial charge >= 0.3 is 0 Å². The lowest BCUT2D eigenvalue weighted by atomic mass is 10.1. The third-order valence-corrected chi connectivity index (χ3v) is 4.16. The number of pyridine rings is 1. The molecule has 1 aliphatic heterocycles. The number of sulfonamides is 1.